The van der Waals surface area contributed by atoms with Gasteiger partial charge in [-0.15, -0.1) is 5.10 Å². The molecule has 4 aromatic rings. The van der Waals surface area contributed by atoms with Crippen LogP contribution in [0.3, 0.4) is 0 Å². The lowest BCUT2D eigenvalue weighted by atomic mass is 9.82. The molecule has 2 heterocycles. The minimum absolute atomic E-state index is 0.00304. The molecule has 0 fully saturated rings. The minimum atomic E-state index is 0.00304. The van der Waals surface area contributed by atoms with Crippen LogP contribution in [0.5, 0.6) is 5.88 Å². The predicted octanol–water partition coefficient (Wildman–Crippen LogP) is 6.06. The molecule has 0 amide bonds. The number of rotatable bonds is 4. The third-order valence-corrected chi connectivity index (χ3v) is 5.96. The molecule has 0 saturated heterocycles. The van der Waals surface area contributed by atoms with Crippen molar-refractivity contribution in [3.63, 3.8) is 0 Å². The monoisotopic (exact) mass is 391 g/mol. The molecule has 2 N–H and O–H groups in total. The number of benzene rings is 2. The number of nitrogens with one attached hydrogen (secondary N) is 1. The highest BCUT2D eigenvalue weighted by atomic mass is 16.5. The van der Waals surface area contributed by atoms with Crippen LogP contribution in [-0.4, -0.2) is 20.5 Å². The second kappa shape index (κ2) is 6.90. The fourth-order valence-corrected chi connectivity index (χ4v) is 4.60. The summed E-state index contributed by atoms with van der Waals surface area (Å²) in [5.41, 5.74) is 7.72. The molecule has 1 unspecified atom stereocenters. The van der Waals surface area contributed by atoms with Gasteiger partial charge in [0.15, 0.2) is 5.58 Å². The first-order chi connectivity index (χ1) is 13.7. The van der Waals surface area contributed by atoms with Gasteiger partial charge in [-0.25, -0.2) is 0 Å². The Bertz CT molecular complexity index is 1190. The van der Waals surface area contributed by atoms with Crippen molar-refractivity contribution in [2.45, 2.75) is 65.7 Å². The van der Waals surface area contributed by atoms with Gasteiger partial charge in [0.25, 0.3) is 0 Å². The zero-order valence-electron chi connectivity index (χ0n) is 18.1. The van der Waals surface area contributed by atoms with Crippen molar-refractivity contribution >= 4 is 21.9 Å². The number of aryl methyl sites for hydroxylation is 3. The van der Waals surface area contributed by atoms with Crippen molar-refractivity contribution in [2.24, 2.45) is 0 Å². The van der Waals surface area contributed by atoms with Crippen molar-refractivity contribution in [1.82, 2.24) is 15.4 Å². The van der Waals surface area contributed by atoms with E-state index in [-0.39, 0.29) is 17.2 Å². The lowest BCUT2D eigenvalue weighted by Crippen LogP contribution is -2.13. The molecule has 5 heteroatoms. The Morgan fingerprint density at radius 1 is 1.07 bits per heavy atom. The summed E-state index contributed by atoms with van der Waals surface area (Å²) in [5.74, 6) is 0.346. The number of aromatic nitrogens is 3. The van der Waals surface area contributed by atoms with Crippen molar-refractivity contribution in [3.05, 3.63) is 52.2 Å². The Kier molecular flexibility index (Phi) is 4.64. The number of hydrogen-bond acceptors (Lipinski definition) is 4. The smallest absolute Gasteiger partial charge is 0.238 e. The highest BCUT2D eigenvalue weighted by molar-refractivity contribution is 5.88. The van der Waals surface area contributed by atoms with Crippen LogP contribution in [0.4, 0.5) is 0 Å². The van der Waals surface area contributed by atoms with Crippen LogP contribution < -0.4 is 0 Å². The summed E-state index contributed by atoms with van der Waals surface area (Å²) in [6.07, 6.45) is 1.76. The van der Waals surface area contributed by atoms with Crippen molar-refractivity contribution in [2.75, 3.05) is 0 Å². The first-order valence-electron chi connectivity index (χ1n) is 10.2. The molecule has 0 saturated carbocycles. The molecule has 29 heavy (non-hydrogen) atoms. The van der Waals surface area contributed by atoms with Crippen LogP contribution >= 0.6 is 0 Å². The van der Waals surface area contributed by atoms with Crippen LogP contribution in [0.1, 0.15) is 68.0 Å². The maximum atomic E-state index is 9.96. The zero-order chi connectivity index (χ0) is 20.9. The van der Waals surface area contributed by atoms with E-state index < -0.39 is 0 Å². The highest BCUT2D eigenvalue weighted by Gasteiger charge is 2.24. The van der Waals surface area contributed by atoms with Crippen LogP contribution in [-0.2, 0) is 11.8 Å². The molecular formula is C24H29N3O2. The summed E-state index contributed by atoms with van der Waals surface area (Å²) in [6, 6.07) is 8.27. The molecule has 2 aromatic carbocycles. The standard InChI is InChI=1S/C24H29N3O2/c1-13-7-11-17-21(25-26-23(17)28)19(13)14(2)9-12-18-16-10-8-15(3)20(24(4,5)6)22(16)29-27-18/h7-8,10-11,14H,9,12H2,1-6H3,(H2,25,26,28). The number of aromatic amines is 1. The molecule has 0 radical (unpaired) electrons. The van der Waals surface area contributed by atoms with Crippen molar-refractivity contribution < 1.29 is 9.63 Å². The molecule has 152 valence electrons. The van der Waals surface area contributed by atoms with E-state index in [0.29, 0.717) is 0 Å². The molecule has 4 rings (SSSR count). The molecular weight excluding hydrogens is 362 g/mol. The Hall–Kier alpha value is -2.82. The largest absolute Gasteiger partial charge is 0.492 e. The lowest BCUT2D eigenvalue weighted by molar-refractivity contribution is 0.434. The second-order valence-corrected chi connectivity index (χ2v) is 9.22. The summed E-state index contributed by atoms with van der Waals surface area (Å²) in [5, 5.41) is 23.2. The van der Waals surface area contributed by atoms with Gasteiger partial charge < -0.3 is 9.63 Å². The third-order valence-electron chi connectivity index (χ3n) is 5.96. The lowest BCUT2D eigenvalue weighted by Gasteiger charge is -2.21. The summed E-state index contributed by atoms with van der Waals surface area (Å²) in [4.78, 5) is 0. The average molecular weight is 392 g/mol. The van der Waals surface area contributed by atoms with Crippen molar-refractivity contribution in [3.8, 4) is 5.88 Å². The van der Waals surface area contributed by atoms with Gasteiger partial charge in [0.1, 0.15) is 0 Å². The Morgan fingerprint density at radius 3 is 2.48 bits per heavy atom. The molecule has 0 aliphatic carbocycles. The summed E-state index contributed by atoms with van der Waals surface area (Å²) >= 11 is 0. The predicted molar refractivity (Wildman–Crippen MR) is 117 cm³/mol. The molecule has 0 aliphatic heterocycles. The van der Waals surface area contributed by atoms with E-state index in [9.17, 15) is 5.11 Å². The van der Waals surface area contributed by atoms with Gasteiger partial charge in [0.2, 0.25) is 5.88 Å². The van der Waals surface area contributed by atoms with Crippen LogP contribution in [0.2, 0.25) is 0 Å². The van der Waals surface area contributed by atoms with Crippen LogP contribution in [0.25, 0.3) is 21.9 Å². The fourth-order valence-electron chi connectivity index (χ4n) is 4.60. The number of H-pyrrole nitrogens is 1. The molecule has 2 aromatic heterocycles. The quantitative estimate of drug-likeness (QED) is 0.443. The Morgan fingerprint density at radius 2 is 1.76 bits per heavy atom. The number of nitrogens with zero attached hydrogens (tertiary/aromatic N) is 2. The van der Waals surface area contributed by atoms with E-state index in [1.165, 1.54) is 22.3 Å². The maximum Gasteiger partial charge on any atom is 0.238 e. The minimum Gasteiger partial charge on any atom is -0.492 e. The van der Waals surface area contributed by atoms with Crippen molar-refractivity contribution in [1.29, 1.82) is 0 Å². The molecule has 5 nitrogen and oxygen atoms in total. The van der Waals surface area contributed by atoms with Gasteiger partial charge in [-0.05, 0) is 66.8 Å². The molecule has 0 spiro atoms. The molecule has 1 atom stereocenters. The first-order valence-corrected chi connectivity index (χ1v) is 10.2. The van der Waals surface area contributed by atoms with Gasteiger partial charge in [-0.1, -0.05) is 45.0 Å². The SMILES string of the molecule is Cc1ccc2c(O)n[nH]c2c1C(C)CCc1noc2c(C(C)(C)C)c(C)ccc12. The van der Waals surface area contributed by atoms with Gasteiger partial charge in [0.05, 0.1) is 16.6 Å². The van der Waals surface area contributed by atoms with E-state index in [1.807, 2.05) is 12.1 Å². The summed E-state index contributed by atoms with van der Waals surface area (Å²) in [7, 11) is 0. The average Bonchev–Trinajstić information content (AvgIpc) is 3.22. The van der Waals surface area contributed by atoms with Gasteiger partial charge >= 0.3 is 0 Å². The number of aromatic hydroxyl groups is 1. The second-order valence-electron chi connectivity index (χ2n) is 9.22. The molecule has 0 aliphatic rings. The fraction of sp³-hybridized carbons (Fsp3) is 0.417. The van der Waals surface area contributed by atoms with E-state index in [4.69, 9.17) is 4.52 Å². The van der Waals surface area contributed by atoms with Gasteiger partial charge in [0, 0.05) is 10.9 Å². The maximum absolute atomic E-state index is 9.96. The Labute approximate surface area is 171 Å². The van der Waals surface area contributed by atoms with E-state index >= 15 is 0 Å². The third kappa shape index (κ3) is 3.28. The topological polar surface area (TPSA) is 74.9 Å². The van der Waals surface area contributed by atoms with E-state index in [1.54, 1.807) is 0 Å². The summed E-state index contributed by atoms with van der Waals surface area (Å²) < 4.78 is 5.82. The number of hydrogen-bond donors (Lipinski definition) is 2. The zero-order valence-corrected chi connectivity index (χ0v) is 18.1. The van der Waals surface area contributed by atoms with E-state index in [0.717, 1.165) is 40.4 Å². The van der Waals surface area contributed by atoms with E-state index in [2.05, 4.69) is 69.0 Å². The van der Waals surface area contributed by atoms with Gasteiger partial charge in [-0.2, -0.15) is 0 Å². The van der Waals surface area contributed by atoms with Crippen LogP contribution in [0.15, 0.2) is 28.8 Å². The normalized spacial score (nSPS) is 13.4. The number of fused-ring (bicyclic) bond motifs is 2. The summed E-state index contributed by atoms with van der Waals surface area (Å²) in [6.45, 7) is 13.1. The van der Waals surface area contributed by atoms with Crippen LogP contribution in [0, 0.1) is 13.8 Å². The Balaban J connectivity index is 1.65. The van der Waals surface area contributed by atoms with Gasteiger partial charge in [-0.3, -0.25) is 5.10 Å². The highest BCUT2D eigenvalue weighted by Crippen LogP contribution is 2.36. The molecule has 0 bridgehead atoms. The first kappa shape index (κ1) is 19.5.